The van der Waals surface area contributed by atoms with Crippen LogP contribution in [-0.2, 0) is 5.66 Å². The molecule has 7 nitrogen and oxygen atoms in total. The monoisotopic (exact) mass is 451 g/mol. The van der Waals surface area contributed by atoms with Crippen molar-refractivity contribution in [2.45, 2.75) is 5.66 Å². The second kappa shape index (κ2) is 8.37. The molecule has 0 saturated carbocycles. The molecule has 0 aliphatic carbocycles. The molecule has 0 spiro atoms. The lowest BCUT2D eigenvalue weighted by Gasteiger charge is -2.41. The number of nitrogens with one attached hydrogen (secondary N) is 1. The number of rotatable bonds is 6. The number of hydrogen-bond donors (Lipinski definition) is 1. The van der Waals surface area contributed by atoms with Gasteiger partial charge in [-0.05, 0) is 42.5 Å². The van der Waals surface area contributed by atoms with Crippen LogP contribution < -0.4 is 15.0 Å². The molecule has 168 valence electrons. The van der Waals surface area contributed by atoms with Crippen molar-refractivity contribution in [1.82, 2.24) is 0 Å². The molecule has 7 heteroatoms. The fraction of sp³-hybridized carbons (Fsp3) is 0.0741. The molecule has 1 unspecified atom stereocenters. The molecule has 1 atom stereocenters. The molecule has 0 saturated heterocycles. The Morgan fingerprint density at radius 2 is 1.50 bits per heavy atom. The number of carbonyl (C=O) groups is 1. The molecule has 4 aromatic rings. The standard InChI is InChI=1S/C27H21N3O4/c1-34-23-17-11-20(12-18-23)28-27(19-7-3-2-4-8-19)25-10-6-5-9-24(25)26(31)29(27)21-13-15-22(16-14-21)30(32)33/h2-18,28H,1H3. The maximum absolute atomic E-state index is 13.8. The van der Waals surface area contributed by atoms with Gasteiger partial charge in [0.05, 0.1) is 12.0 Å². The number of nitro benzene ring substituents is 1. The van der Waals surface area contributed by atoms with Crippen molar-refractivity contribution >= 4 is 23.0 Å². The third-order valence-electron chi connectivity index (χ3n) is 6.01. The molecule has 0 fully saturated rings. The molecule has 4 aromatic carbocycles. The minimum absolute atomic E-state index is 0.0404. The fourth-order valence-corrected chi connectivity index (χ4v) is 4.46. The van der Waals surface area contributed by atoms with Crippen molar-refractivity contribution in [1.29, 1.82) is 0 Å². The molecule has 34 heavy (non-hydrogen) atoms. The number of nitrogens with zero attached hydrogens (tertiary/aromatic N) is 2. The van der Waals surface area contributed by atoms with E-state index in [1.807, 2.05) is 72.8 Å². The van der Waals surface area contributed by atoms with Crippen molar-refractivity contribution in [3.63, 3.8) is 0 Å². The van der Waals surface area contributed by atoms with Crippen LogP contribution in [-0.4, -0.2) is 17.9 Å². The van der Waals surface area contributed by atoms with Gasteiger partial charge in [-0.1, -0.05) is 48.5 Å². The molecule has 1 aliphatic heterocycles. The van der Waals surface area contributed by atoms with Crippen LogP contribution in [0.1, 0.15) is 21.5 Å². The summed E-state index contributed by atoms with van der Waals surface area (Å²) in [6, 6.07) is 30.7. The van der Waals surface area contributed by atoms with Crippen LogP contribution in [0, 0.1) is 10.1 Å². The zero-order chi connectivity index (χ0) is 23.7. The largest absolute Gasteiger partial charge is 0.497 e. The Bertz CT molecular complexity index is 1360. The van der Waals surface area contributed by atoms with Crippen LogP contribution in [0.25, 0.3) is 0 Å². The fourth-order valence-electron chi connectivity index (χ4n) is 4.46. The second-order valence-corrected chi connectivity index (χ2v) is 7.89. The summed E-state index contributed by atoms with van der Waals surface area (Å²) < 4.78 is 5.30. The van der Waals surface area contributed by atoms with Crippen molar-refractivity contribution in [3.05, 3.63) is 130 Å². The lowest BCUT2D eigenvalue weighted by atomic mass is 9.89. The van der Waals surface area contributed by atoms with E-state index in [2.05, 4.69) is 5.32 Å². The molecule has 0 radical (unpaired) electrons. The number of anilines is 2. The zero-order valence-electron chi connectivity index (χ0n) is 18.3. The quantitative estimate of drug-likeness (QED) is 0.306. The summed E-state index contributed by atoms with van der Waals surface area (Å²) in [5.41, 5.74) is 2.40. The first-order chi connectivity index (χ1) is 16.5. The molecule has 1 N–H and O–H groups in total. The zero-order valence-corrected chi connectivity index (χ0v) is 18.3. The lowest BCUT2D eigenvalue weighted by Crippen LogP contribution is -2.51. The summed E-state index contributed by atoms with van der Waals surface area (Å²) in [5.74, 6) is 0.517. The van der Waals surface area contributed by atoms with Gasteiger partial charge in [-0.2, -0.15) is 0 Å². The highest BCUT2D eigenvalue weighted by Gasteiger charge is 2.52. The van der Waals surface area contributed by atoms with E-state index in [0.717, 1.165) is 22.6 Å². The highest BCUT2D eigenvalue weighted by molar-refractivity contribution is 6.13. The van der Waals surface area contributed by atoms with Crippen molar-refractivity contribution < 1.29 is 14.5 Å². The van der Waals surface area contributed by atoms with E-state index < -0.39 is 10.6 Å². The van der Waals surface area contributed by atoms with Crippen molar-refractivity contribution in [2.24, 2.45) is 0 Å². The van der Waals surface area contributed by atoms with Crippen LogP contribution in [0.3, 0.4) is 0 Å². The van der Waals surface area contributed by atoms with Crippen molar-refractivity contribution in [3.8, 4) is 5.75 Å². The van der Waals surface area contributed by atoms with Gasteiger partial charge in [0.15, 0.2) is 5.66 Å². The normalized spacial score (nSPS) is 16.7. The SMILES string of the molecule is COc1ccc(NC2(c3ccccc3)c3ccccc3C(=O)N2c2ccc([N+](=O)[O-])cc2)cc1. The van der Waals surface area contributed by atoms with E-state index >= 15 is 0 Å². The number of amides is 1. The number of ether oxygens (including phenoxy) is 1. The lowest BCUT2D eigenvalue weighted by molar-refractivity contribution is -0.384. The van der Waals surface area contributed by atoms with E-state index in [4.69, 9.17) is 4.74 Å². The van der Waals surface area contributed by atoms with Gasteiger partial charge < -0.3 is 10.1 Å². The third-order valence-corrected chi connectivity index (χ3v) is 6.01. The molecule has 0 bridgehead atoms. The summed E-state index contributed by atoms with van der Waals surface area (Å²) in [6.45, 7) is 0. The molecule has 1 amide bonds. The topological polar surface area (TPSA) is 84.7 Å². The van der Waals surface area contributed by atoms with Crippen LogP contribution >= 0.6 is 0 Å². The highest BCUT2D eigenvalue weighted by atomic mass is 16.6. The van der Waals surface area contributed by atoms with Gasteiger partial charge in [0.1, 0.15) is 5.75 Å². The van der Waals surface area contributed by atoms with Gasteiger partial charge in [0.25, 0.3) is 11.6 Å². The first kappa shape index (κ1) is 21.2. The Morgan fingerprint density at radius 1 is 0.853 bits per heavy atom. The Kier molecular flexibility index (Phi) is 5.22. The summed E-state index contributed by atoms with van der Waals surface area (Å²) in [4.78, 5) is 26.3. The van der Waals surface area contributed by atoms with Crippen LogP contribution in [0.4, 0.5) is 17.1 Å². The summed E-state index contributed by atoms with van der Waals surface area (Å²) >= 11 is 0. The predicted molar refractivity (Wildman–Crippen MR) is 130 cm³/mol. The summed E-state index contributed by atoms with van der Waals surface area (Å²) in [7, 11) is 1.61. The molecule has 1 aliphatic rings. The first-order valence-electron chi connectivity index (χ1n) is 10.7. The maximum atomic E-state index is 13.8. The number of carbonyl (C=O) groups excluding carboxylic acids is 1. The third kappa shape index (κ3) is 3.34. The van der Waals surface area contributed by atoms with Crippen LogP contribution in [0.2, 0.25) is 0 Å². The van der Waals surface area contributed by atoms with Gasteiger partial charge in [0, 0.05) is 40.2 Å². The van der Waals surface area contributed by atoms with Gasteiger partial charge in [0.2, 0.25) is 0 Å². The number of methoxy groups -OCH3 is 1. The maximum Gasteiger partial charge on any atom is 0.269 e. The summed E-state index contributed by atoms with van der Waals surface area (Å²) in [5, 5.41) is 14.8. The van der Waals surface area contributed by atoms with E-state index in [0.29, 0.717) is 11.3 Å². The molecule has 0 aromatic heterocycles. The Balaban J connectivity index is 1.75. The molecule has 5 rings (SSSR count). The Morgan fingerprint density at radius 3 is 2.15 bits per heavy atom. The van der Waals surface area contributed by atoms with E-state index in [1.165, 1.54) is 12.1 Å². The first-order valence-corrected chi connectivity index (χ1v) is 10.7. The number of benzene rings is 4. The minimum atomic E-state index is -1.08. The molecular formula is C27H21N3O4. The van der Waals surface area contributed by atoms with Crippen LogP contribution in [0.5, 0.6) is 5.75 Å². The number of hydrogen-bond acceptors (Lipinski definition) is 5. The Labute approximate surface area is 196 Å². The minimum Gasteiger partial charge on any atom is -0.497 e. The number of fused-ring (bicyclic) bond motifs is 1. The van der Waals surface area contributed by atoms with E-state index in [-0.39, 0.29) is 11.6 Å². The van der Waals surface area contributed by atoms with Crippen LogP contribution in [0.15, 0.2) is 103 Å². The van der Waals surface area contributed by atoms with Crippen molar-refractivity contribution in [2.75, 3.05) is 17.3 Å². The summed E-state index contributed by atoms with van der Waals surface area (Å²) in [6.07, 6.45) is 0. The predicted octanol–water partition coefficient (Wildman–Crippen LogP) is 5.58. The van der Waals surface area contributed by atoms with Gasteiger partial charge in [-0.15, -0.1) is 0 Å². The van der Waals surface area contributed by atoms with E-state index in [9.17, 15) is 14.9 Å². The second-order valence-electron chi connectivity index (χ2n) is 7.89. The van der Waals surface area contributed by atoms with Gasteiger partial charge in [-0.25, -0.2) is 0 Å². The Hall–Kier alpha value is -4.65. The molecular weight excluding hydrogens is 430 g/mol. The van der Waals surface area contributed by atoms with Gasteiger partial charge in [-0.3, -0.25) is 19.8 Å². The average molecular weight is 451 g/mol. The number of nitro groups is 1. The smallest absolute Gasteiger partial charge is 0.269 e. The highest BCUT2D eigenvalue weighted by Crippen LogP contribution is 2.47. The molecule has 1 heterocycles. The van der Waals surface area contributed by atoms with E-state index in [1.54, 1.807) is 30.2 Å². The van der Waals surface area contributed by atoms with Gasteiger partial charge >= 0.3 is 0 Å². The average Bonchev–Trinajstić information content (AvgIpc) is 3.14. The number of non-ortho nitro benzene ring substituents is 1.